The van der Waals surface area contributed by atoms with Crippen molar-refractivity contribution in [3.8, 4) is 5.75 Å². The number of nitrogens with zero attached hydrogens (tertiary/aromatic N) is 1. The Balaban J connectivity index is 1.90. The molecular formula is C18H14N2O4S. The Morgan fingerprint density at radius 2 is 1.92 bits per heavy atom. The molecule has 3 rings (SSSR count). The number of carbonyl (C=O) groups excluding carboxylic acids is 1. The van der Waals surface area contributed by atoms with Gasteiger partial charge < -0.3 is 15.5 Å². The third kappa shape index (κ3) is 3.89. The molecule has 7 heteroatoms. The number of phenolic OH excluding ortho intramolecular Hbond substituents is 1. The van der Waals surface area contributed by atoms with Crippen LogP contribution in [0.15, 0.2) is 52.4 Å². The van der Waals surface area contributed by atoms with Crippen molar-refractivity contribution in [1.82, 2.24) is 5.32 Å². The summed E-state index contributed by atoms with van der Waals surface area (Å²) < 4.78 is 0. The van der Waals surface area contributed by atoms with Crippen molar-refractivity contribution in [2.45, 2.75) is 6.92 Å². The van der Waals surface area contributed by atoms with Gasteiger partial charge in [0.1, 0.15) is 5.75 Å². The first-order valence-corrected chi connectivity index (χ1v) is 8.16. The van der Waals surface area contributed by atoms with Crippen molar-refractivity contribution in [3.63, 3.8) is 0 Å². The van der Waals surface area contributed by atoms with E-state index >= 15 is 0 Å². The van der Waals surface area contributed by atoms with Gasteiger partial charge in [0.15, 0.2) is 5.17 Å². The number of amidine groups is 1. The van der Waals surface area contributed by atoms with E-state index in [2.05, 4.69) is 10.3 Å². The van der Waals surface area contributed by atoms with Gasteiger partial charge in [0.2, 0.25) is 0 Å². The molecule has 0 unspecified atom stereocenters. The molecule has 1 aliphatic heterocycles. The molecule has 0 saturated carbocycles. The molecule has 1 heterocycles. The molecule has 6 nitrogen and oxygen atoms in total. The molecule has 0 aromatic heterocycles. The number of benzene rings is 2. The van der Waals surface area contributed by atoms with Gasteiger partial charge in [-0.3, -0.25) is 4.79 Å². The highest BCUT2D eigenvalue weighted by Gasteiger charge is 2.24. The fourth-order valence-corrected chi connectivity index (χ4v) is 3.06. The molecule has 1 fully saturated rings. The highest BCUT2D eigenvalue weighted by Crippen LogP contribution is 2.30. The van der Waals surface area contributed by atoms with Crippen LogP contribution in [0.1, 0.15) is 21.5 Å². The van der Waals surface area contributed by atoms with Gasteiger partial charge in [0.05, 0.1) is 16.2 Å². The molecule has 0 spiro atoms. The van der Waals surface area contributed by atoms with E-state index in [4.69, 9.17) is 0 Å². The number of aromatic carboxylic acids is 1. The summed E-state index contributed by atoms with van der Waals surface area (Å²) in [5, 5.41) is 21.5. The largest absolute Gasteiger partial charge is 0.508 e. The predicted octanol–water partition coefficient (Wildman–Crippen LogP) is 3.29. The Labute approximate surface area is 147 Å². The quantitative estimate of drug-likeness (QED) is 0.735. The Hall–Kier alpha value is -3.06. The maximum atomic E-state index is 12.1. The lowest BCUT2D eigenvalue weighted by molar-refractivity contribution is -0.115. The van der Waals surface area contributed by atoms with Crippen molar-refractivity contribution in [3.05, 3.63) is 64.1 Å². The Morgan fingerprint density at radius 1 is 1.20 bits per heavy atom. The van der Waals surface area contributed by atoms with Gasteiger partial charge in [0, 0.05) is 0 Å². The first-order valence-electron chi connectivity index (χ1n) is 7.35. The molecule has 1 amide bonds. The smallest absolute Gasteiger partial charge is 0.337 e. The maximum Gasteiger partial charge on any atom is 0.337 e. The normalized spacial score (nSPS) is 17.1. The summed E-state index contributed by atoms with van der Waals surface area (Å²) in [7, 11) is 0. The number of aromatic hydroxyl groups is 1. The van der Waals surface area contributed by atoms with E-state index in [1.165, 1.54) is 18.2 Å². The molecule has 0 aliphatic carbocycles. The minimum atomic E-state index is -1.08. The number of phenols is 1. The van der Waals surface area contributed by atoms with E-state index in [1.807, 2.05) is 6.92 Å². The third-order valence-corrected chi connectivity index (χ3v) is 4.36. The molecule has 3 N–H and O–H groups in total. The number of thioether (sulfide) groups is 1. The number of amides is 1. The maximum absolute atomic E-state index is 12.1. The van der Waals surface area contributed by atoms with Gasteiger partial charge >= 0.3 is 5.97 Å². The lowest BCUT2D eigenvalue weighted by Gasteiger charge is -2.03. The van der Waals surface area contributed by atoms with Gasteiger partial charge in [-0.15, -0.1) is 0 Å². The number of carboxylic acids is 1. The zero-order chi connectivity index (χ0) is 18.0. The zero-order valence-electron chi connectivity index (χ0n) is 13.2. The third-order valence-electron chi connectivity index (χ3n) is 3.45. The molecule has 126 valence electrons. The standard InChI is InChI=1S/C18H14N2O4S/c1-10-2-7-13(17(23)24)14(8-10)19-18-20-16(22)15(25-18)9-11-3-5-12(21)6-4-11/h2-9,21H,1H3,(H,23,24)(H,19,20,22)/b15-9-. The summed E-state index contributed by atoms with van der Waals surface area (Å²) in [5.41, 5.74) is 2.00. The van der Waals surface area contributed by atoms with E-state index in [9.17, 15) is 19.8 Å². The average molecular weight is 354 g/mol. The van der Waals surface area contributed by atoms with Crippen LogP contribution in [0.2, 0.25) is 0 Å². The number of carboxylic acid groups (broad SMARTS) is 1. The molecule has 0 atom stereocenters. The minimum Gasteiger partial charge on any atom is -0.508 e. The molecule has 25 heavy (non-hydrogen) atoms. The molecule has 1 saturated heterocycles. The molecular weight excluding hydrogens is 340 g/mol. The van der Waals surface area contributed by atoms with Crippen molar-refractivity contribution in [2.75, 3.05) is 0 Å². The van der Waals surface area contributed by atoms with Crippen molar-refractivity contribution >= 4 is 40.6 Å². The van der Waals surface area contributed by atoms with Crippen LogP contribution in [0.25, 0.3) is 6.08 Å². The number of aryl methyl sites for hydroxylation is 1. The van der Waals surface area contributed by atoms with E-state index in [1.54, 1.807) is 30.3 Å². The Bertz CT molecular complexity index is 917. The topological polar surface area (TPSA) is 99.0 Å². The number of aliphatic imine (C=N–C) groups is 1. The fraction of sp³-hybridized carbons (Fsp3) is 0.0556. The summed E-state index contributed by atoms with van der Waals surface area (Å²) in [6.07, 6.45) is 1.68. The monoisotopic (exact) mass is 354 g/mol. The molecule has 2 aromatic rings. The number of carbonyl (C=O) groups is 2. The van der Waals surface area contributed by atoms with Crippen LogP contribution in [0, 0.1) is 6.92 Å². The summed E-state index contributed by atoms with van der Waals surface area (Å²) in [6.45, 7) is 1.84. The number of hydrogen-bond donors (Lipinski definition) is 3. The number of nitrogens with one attached hydrogen (secondary N) is 1. The molecule has 0 bridgehead atoms. The summed E-state index contributed by atoms with van der Waals surface area (Å²) in [6, 6.07) is 11.3. The first-order chi connectivity index (χ1) is 11.9. The van der Waals surface area contributed by atoms with Gasteiger partial charge in [-0.1, -0.05) is 18.2 Å². The molecule has 2 aromatic carbocycles. The summed E-state index contributed by atoms with van der Waals surface area (Å²) in [4.78, 5) is 28.1. The summed E-state index contributed by atoms with van der Waals surface area (Å²) >= 11 is 1.13. The molecule has 0 radical (unpaired) electrons. The van der Waals surface area contributed by atoms with Crippen LogP contribution in [-0.2, 0) is 4.79 Å². The Morgan fingerprint density at radius 3 is 2.60 bits per heavy atom. The molecule has 1 aliphatic rings. The summed E-state index contributed by atoms with van der Waals surface area (Å²) in [5.74, 6) is -1.23. The van der Waals surface area contributed by atoms with Crippen LogP contribution < -0.4 is 5.32 Å². The van der Waals surface area contributed by atoms with Crippen LogP contribution >= 0.6 is 11.8 Å². The van der Waals surface area contributed by atoms with Crippen LogP contribution in [-0.4, -0.2) is 27.3 Å². The SMILES string of the molecule is Cc1ccc(C(=O)O)c(N=C2NC(=O)/C(=C/c3ccc(O)cc3)S2)c1. The van der Waals surface area contributed by atoms with Gasteiger partial charge in [-0.05, 0) is 60.2 Å². The Kier molecular flexibility index (Phi) is 4.58. The van der Waals surface area contributed by atoms with E-state index in [0.717, 1.165) is 22.9 Å². The van der Waals surface area contributed by atoms with E-state index < -0.39 is 5.97 Å². The second kappa shape index (κ2) is 6.82. The first kappa shape index (κ1) is 16.8. The van der Waals surface area contributed by atoms with Gasteiger partial charge in [-0.25, -0.2) is 9.79 Å². The number of hydrogen-bond acceptors (Lipinski definition) is 5. The minimum absolute atomic E-state index is 0.0731. The second-order valence-corrected chi connectivity index (χ2v) is 6.43. The second-order valence-electron chi connectivity index (χ2n) is 5.40. The average Bonchev–Trinajstić information content (AvgIpc) is 2.89. The van der Waals surface area contributed by atoms with Crippen molar-refractivity contribution in [2.24, 2.45) is 4.99 Å². The number of rotatable bonds is 3. The predicted molar refractivity (Wildman–Crippen MR) is 97.1 cm³/mol. The lowest BCUT2D eigenvalue weighted by Crippen LogP contribution is -2.19. The van der Waals surface area contributed by atoms with Gasteiger partial charge in [-0.2, -0.15) is 0 Å². The van der Waals surface area contributed by atoms with Crippen LogP contribution in [0.4, 0.5) is 5.69 Å². The zero-order valence-corrected chi connectivity index (χ0v) is 14.0. The van der Waals surface area contributed by atoms with Crippen molar-refractivity contribution < 1.29 is 19.8 Å². The van der Waals surface area contributed by atoms with Crippen LogP contribution in [0.5, 0.6) is 5.75 Å². The van der Waals surface area contributed by atoms with Crippen molar-refractivity contribution in [1.29, 1.82) is 0 Å². The van der Waals surface area contributed by atoms with Crippen LogP contribution in [0.3, 0.4) is 0 Å². The lowest BCUT2D eigenvalue weighted by atomic mass is 10.1. The fourth-order valence-electron chi connectivity index (χ4n) is 2.23. The van der Waals surface area contributed by atoms with E-state index in [-0.39, 0.29) is 17.2 Å². The van der Waals surface area contributed by atoms with Gasteiger partial charge in [0.25, 0.3) is 5.91 Å². The van der Waals surface area contributed by atoms with E-state index in [0.29, 0.717) is 15.8 Å². The highest BCUT2D eigenvalue weighted by molar-refractivity contribution is 8.18. The highest BCUT2D eigenvalue weighted by atomic mass is 32.2.